The second-order valence-corrected chi connectivity index (χ2v) is 7.34. The fourth-order valence-electron chi connectivity index (χ4n) is 3.06. The molecule has 2 aromatic carbocycles. The molecule has 0 unspecified atom stereocenters. The van der Waals surface area contributed by atoms with Crippen molar-refractivity contribution in [3.63, 3.8) is 0 Å². The number of carbonyl (C=O) groups is 2. The normalized spacial score (nSPS) is 10.6. The first kappa shape index (κ1) is 21.6. The predicted octanol–water partition coefficient (Wildman–Crippen LogP) is 4.07. The average Bonchev–Trinajstić information content (AvgIpc) is 2.76. The van der Waals surface area contributed by atoms with E-state index in [1.807, 2.05) is 43.3 Å². The van der Waals surface area contributed by atoms with E-state index in [0.717, 1.165) is 28.5 Å². The van der Waals surface area contributed by atoms with Gasteiger partial charge in [0.1, 0.15) is 11.4 Å². The van der Waals surface area contributed by atoms with Gasteiger partial charge in [-0.15, -0.1) is 0 Å². The maximum atomic E-state index is 12.6. The Morgan fingerprint density at radius 1 is 1.17 bits per heavy atom. The van der Waals surface area contributed by atoms with Gasteiger partial charge in [0.25, 0.3) is 5.91 Å². The summed E-state index contributed by atoms with van der Waals surface area (Å²) < 4.78 is 5.91. The number of nitrogens with one attached hydrogen (secondary N) is 1. The Hall–Kier alpha value is -3.12. The van der Waals surface area contributed by atoms with Gasteiger partial charge in [-0.1, -0.05) is 48.9 Å². The second kappa shape index (κ2) is 10.1. The molecule has 2 amide bonds. The summed E-state index contributed by atoms with van der Waals surface area (Å²) in [4.78, 5) is 30.4. The Morgan fingerprint density at radius 2 is 1.97 bits per heavy atom. The van der Waals surface area contributed by atoms with Gasteiger partial charge in [-0.05, 0) is 35.4 Å². The summed E-state index contributed by atoms with van der Waals surface area (Å²) in [5.41, 5.74) is 1.11. The van der Waals surface area contributed by atoms with E-state index in [1.54, 1.807) is 18.0 Å². The molecule has 1 heterocycles. The van der Waals surface area contributed by atoms with Gasteiger partial charge in [0.15, 0.2) is 0 Å². The summed E-state index contributed by atoms with van der Waals surface area (Å²) in [6.45, 7) is 2.88. The molecule has 7 heteroatoms. The van der Waals surface area contributed by atoms with Crippen LogP contribution in [0.1, 0.15) is 29.4 Å². The van der Waals surface area contributed by atoms with Crippen molar-refractivity contribution in [2.45, 2.75) is 19.9 Å². The predicted molar refractivity (Wildman–Crippen MR) is 118 cm³/mol. The highest BCUT2D eigenvalue weighted by Gasteiger charge is 2.17. The lowest BCUT2D eigenvalue weighted by atomic mass is 10.0. The summed E-state index contributed by atoms with van der Waals surface area (Å²) in [5, 5.41) is 5.13. The van der Waals surface area contributed by atoms with E-state index >= 15 is 0 Å². The van der Waals surface area contributed by atoms with E-state index in [4.69, 9.17) is 16.3 Å². The topological polar surface area (TPSA) is 71.5 Å². The molecule has 0 radical (unpaired) electrons. The molecule has 1 aromatic heterocycles. The molecule has 0 aliphatic rings. The number of fused-ring (bicyclic) bond motifs is 1. The van der Waals surface area contributed by atoms with Crippen LogP contribution in [0, 0.1) is 0 Å². The van der Waals surface area contributed by atoms with Crippen LogP contribution in [0.2, 0.25) is 5.02 Å². The third-order valence-corrected chi connectivity index (χ3v) is 4.87. The Bertz CT molecular complexity index is 1050. The highest BCUT2D eigenvalue weighted by molar-refractivity contribution is 6.30. The number of halogens is 1. The highest BCUT2D eigenvalue weighted by Crippen LogP contribution is 2.29. The molecule has 6 nitrogen and oxygen atoms in total. The fraction of sp³-hybridized carbons (Fsp3) is 0.261. The molecule has 0 saturated carbocycles. The van der Waals surface area contributed by atoms with Crippen LogP contribution in [0.3, 0.4) is 0 Å². The molecule has 3 aromatic rings. The highest BCUT2D eigenvalue weighted by atomic mass is 35.5. The number of amides is 2. The summed E-state index contributed by atoms with van der Waals surface area (Å²) >= 11 is 5.88. The molecule has 0 atom stereocenters. The number of nitrogens with zero attached hydrogens (tertiary/aromatic N) is 2. The lowest BCUT2D eigenvalue weighted by Crippen LogP contribution is -2.38. The standard InChI is InChI=1S/C23H24ClN3O3/c1-3-12-30-21-9-8-16-6-4-5-7-18(16)19(21)15-27(2)22(28)14-26-23(29)20-13-17(24)10-11-25-20/h4-11,13H,3,12,14-15H2,1-2H3,(H,26,29). The molecule has 156 valence electrons. The first-order chi connectivity index (χ1) is 14.5. The van der Waals surface area contributed by atoms with Gasteiger partial charge in [0.05, 0.1) is 13.2 Å². The minimum atomic E-state index is -0.448. The van der Waals surface area contributed by atoms with Gasteiger partial charge in [0, 0.05) is 30.4 Å². The molecule has 0 aliphatic heterocycles. The number of likely N-dealkylation sites (N-methyl/N-ethyl adjacent to an activating group) is 1. The SMILES string of the molecule is CCCOc1ccc2ccccc2c1CN(C)C(=O)CNC(=O)c1cc(Cl)ccn1. The number of benzene rings is 2. The van der Waals surface area contributed by atoms with E-state index in [0.29, 0.717) is 18.2 Å². The number of pyridine rings is 1. The van der Waals surface area contributed by atoms with E-state index in [-0.39, 0.29) is 18.1 Å². The van der Waals surface area contributed by atoms with Crippen LogP contribution in [0.25, 0.3) is 10.8 Å². The molecule has 0 spiro atoms. The Morgan fingerprint density at radius 3 is 2.73 bits per heavy atom. The smallest absolute Gasteiger partial charge is 0.270 e. The average molecular weight is 426 g/mol. The molecular formula is C23H24ClN3O3. The summed E-state index contributed by atoms with van der Waals surface area (Å²) in [5.74, 6) is 0.0958. The van der Waals surface area contributed by atoms with E-state index in [2.05, 4.69) is 10.3 Å². The maximum absolute atomic E-state index is 12.6. The number of aromatic nitrogens is 1. The molecule has 0 bridgehead atoms. The van der Waals surface area contributed by atoms with Crippen molar-refractivity contribution in [3.05, 3.63) is 71.0 Å². The minimum Gasteiger partial charge on any atom is -0.493 e. The van der Waals surface area contributed by atoms with Crippen molar-refractivity contribution in [1.29, 1.82) is 0 Å². The summed E-state index contributed by atoms with van der Waals surface area (Å²) in [6, 6.07) is 15.0. The van der Waals surface area contributed by atoms with Crippen molar-refractivity contribution in [2.24, 2.45) is 0 Å². The van der Waals surface area contributed by atoms with Gasteiger partial charge < -0.3 is 15.0 Å². The largest absolute Gasteiger partial charge is 0.493 e. The van der Waals surface area contributed by atoms with Crippen molar-refractivity contribution in [3.8, 4) is 5.75 Å². The van der Waals surface area contributed by atoms with Gasteiger partial charge >= 0.3 is 0 Å². The van der Waals surface area contributed by atoms with Crippen LogP contribution in [0.4, 0.5) is 0 Å². The van der Waals surface area contributed by atoms with Gasteiger partial charge in [-0.2, -0.15) is 0 Å². The number of ether oxygens (including phenoxy) is 1. The van der Waals surface area contributed by atoms with Crippen LogP contribution in [0.5, 0.6) is 5.75 Å². The van der Waals surface area contributed by atoms with Crippen LogP contribution in [0.15, 0.2) is 54.7 Å². The van der Waals surface area contributed by atoms with E-state index in [1.165, 1.54) is 12.3 Å². The lowest BCUT2D eigenvalue weighted by molar-refractivity contribution is -0.129. The van der Waals surface area contributed by atoms with Crippen LogP contribution >= 0.6 is 11.6 Å². The Kier molecular flexibility index (Phi) is 7.25. The maximum Gasteiger partial charge on any atom is 0.270 e. The van der Waals surface area contributed by atoms with Crippen LogP contribution < -0.4 is 10.1 Å². The van der Waals surface area contributed by atoms with Crippen molar-refractivity contribution in [1.82, 2.24) is 15.2 Å². The van der Waals surface area contributed by atoms with Crippen molar-refractivity contribution < 1.29 is 14.3 Å². The Balaban J connectivity index is 1.71. The molecule has 3 rings (SSSR count). The first-order valence-corrected chi connectivity index (χ1v) is 10.1. The van der Waals surface area contributed by atoms with Crippen LogP contribution in [-0.4, -0.2) is 41.9 Å². The van der Waals surface area contributed by atoms with E-state index in [9.17, 15) is 9.59 Å². The summed E-state index contributed by atoms with van der Waals surface area (Å²) in [7, 11) is 1.71. The molecule has 0 aliphatic carbocycles. The second-order valence-electron chi connectivity index (χ2n) is 6.90. The first-order valence-electron chi connectivity index (χ1n) is 9.76. The molecule has 0 fully saturated rings. The third kappa shape index (κ3) is 5.27. The monoisotopic (exact) mass is 425 g/mol. The zero-order chi connectivity index (χ0) is 21.5. The zero-order valence-electron chi connectivity index (χ0n) is 17.0. The van der Waals surface area contributed by atoms with Crippen molar-refractivity contribution in [2.75, 3.05) is 20.2 Å². The van der Waals surface area contributed by atoms with Gasteiger partial charge in [-0.25, -0.2) is 0 Å². The lowest BCUT2D eigenvalue weighted by Gasteiger charge is -2.21. The van der Waals surface area contributed by atoms with Crippen molar-refractivity contribution >= 4 is 34.2 Å². The molecular weight excluding hydrogens is 402 g/mol. The molecule has 30 heavy (non-hydrogen) atoms. The third-order valence-electron chi connectivity index (χ3n) is 4.64. The quantitative estimate of drug-likeness (QED) is 0.590. The van der Waals surface area contributed by atoms with Gasteiger partial charge in [0.2, 0.25) is 5.91 Å². The summed E-state index contributed by atoms with van der Waals surface area (Å²) in [6.07, 6.45) is 2.34. The Labute approximate surface area is 180 Å². The molecule has 1 N–H and O–H groups in total. The number of rotatable bonds is 8. The number of carbonyl (C=O) groups excluding carboxylic acids is 2. The minimum absolute atomic E-state index is 0.139. The molecule has 0 saturated heterocycles. The fourth-order valence-corrected chi connectivity index (χ4v) is 3.22. The number of hydrogen-bond donors (Lipinski definition) is 1. The van der Waals surface area contributed by atoms with Crippen LogP contribution in [-0.2, 0) is 11.3 Å². The number of hydrogen-bond acceptors (Lipinski definition) is 4. The zero-order valence-corrected chi connectivity index (χ0v) is 17.8. The van der Waals surface area contributed by atoms with Gasteiger partial charge in [-0.3, -0.25) is 14.6 Å². The van der Waals surface area contributed by atoms with E-state index < -0.39 is 5.91 Å².